The van der Waals surface area contributed by atoms with Crippen molar-refractivity contribution in [3.63, 3.8) is 0 Å². The summed E-state index contributed by atoms with van der Waals surface area (Å²) in [5.41, 5.74) is 0. The van der Waals surface area contributed by atoms with Crippen LogP contribution in [0.15, 0.2) is 0 Å². The van der Waals surface area contributed by atoms with Crippen LogP contribution in [-0.4, -0.2) is 29.5 Å². The summed E-state index contributed by atoms with van der Waals surface area (Å²) < 4.78 is 0. The second kappa shape index (κ2) is 4.87. The van der Waals surface area contributed by atoms with Crippen LogP contribution < -0.4 is 0 Å². The third-order valence-corrected chi connectivity index (χ3v) is 3.86. The lowest BCUT2D eigenvalue weighted by molar-refractivity contribution is -0.129. The van der Waals surface area contributed by atoms with Crippen LogP contribution in [-0.2, 0) is 4.79 Å². The minimum Gasteiger partial charge on any atom is -0.342 e. The van der Waals surface area contributed by atoms with Gasteiger partial charge in [-0.25, -0.2) is 0 Å². The van der Waals surface area contributed by atoms with Gasteiger partial charge in [0.25, 0.3) is 0 Å². The van der Waals surface area contributed by atoms with Crippen molar-refractivity contribution >= 4 is 45.1 Å². The number of hydrogen-bond acceptors (Lipinski definition) is 1. The number of rotatable bonds is 2. The van der Waals surface area contributed by atoms with Gasteiger partial charge in [0.1, 0.15) is 0 Å². The van der Waals surface area contributed by atoms with Crippen molar-refractivity contribution in [2.45, 2.75) is 25.7 Å². The predicted molar refractivity (Wildman–Crippen MR) is 58.4 cm³/mol. The van der Waals surface area contributed by atoms with Gasteiger partial charge in [0.15, 0.2) is 0 Å². The van der Waals surface area contributed by atoms with Crippen LogP contribution >= 0.6 is 33.2 Å². The quantitative estimate of drug-likeness (QED) is 0.552. The van der Waals surface area contributed by atoms with E-state index in [1.165, 1.54) is 0 Å². The molecular weight excluding hydrogens is 249 g/mol. The van der Waals surface area contributed by atoms with E-state index in [0.717, 1.165) is 25.8 Å². The van der Waals surface area contributed by atoms with Gasteiger partial charge in [-0.15, -0.1) is 33.2 Å². The van der Waals surface area contributed by atoms with E-state index in [9.17, 15) is 4.79 Å². The Kier molecular flexibility index (Phi) is 4.36. The number of carbonyl (C=O) groups is 1. The summed E-state index contributed by atoms with van der Waals surface area (Å²) in [6.07, 6.45) is 4.05. The highest BCUT2D eigenvalue weighted by Gasteiger charge is 2.31. The first-order valence-electron chi connectivity index (χ1n) is 4.33. The monoisotopic (exact) mass is 259 g/mol. The predicted octanol–water partition coefficient (Wildman–Crippen LogP) is 2.58. The van der Waals surface area contributed by atoms with Gasteiger partial charge in [-0.2, -0.15) is 0 Å². The molecular formula is C7H12Cl3NOSi. The van der Waals surface area contributed by atoms with E-state index in [-0.39, 0.29) is 5.91 Å². The maximum absolute atomic E-state index is 11.5. The molecule has 0 aromatic carbocycles. The average molecular weight is 261 g/mol. The Balaban J connectivity index is 2.50. The SMILES string of the molecule is O=C1CCCCCN1C[Si](Cl)(Cl)Cl. The molecule has 0 saturated carbocycles. The molecule has 0 unspecified atom stereocenters. The molecule has 1 amide bonds. The van der Waals surface area contributed by atoms with Crippen LogP contribution in [0.1, 0.15) is 25.7 Å². The van der Waals surface area contributed by atoms with Crippen molar-refractivity contribution in [1.82, 2.24) is 4.90 Å². The normalized spacial score (nSPS) is 20.2. The summed E-state index contributed by atoms with van der Waals surface area (Å²) in [6.45, 7) is 0.750. The fourth-order valence-electron chi connectivity index (χ4n) is 1.42. The zero-order valence-electron chi connectivity index (χ0n) is 7.23. The molecule has 2 nitrogen and oxygen atoms in total. The molecule has 1 rings (SSSR count). The highest BCUT2D eigenvalue weighted by atomic mass is 35.8. The molecule has 0 bridgehead atoms. The molecule has 13 heavy (non-hydrogen) atoms. The smallest absolute Gasteiger partial charge is 0.342 e. The number of amides is 1. The standard InChI is InChI=1S/C7H12Cl3NOSi/c8-13(9,10)6-11-5-3-1-2-4-7(11)12/h1-6H2. The second-order valence-electron chi connectivity index (χ2n) is 3.24. The Hall–Kier alpha value is 0.557. The molecule has 1 heterocycles. The summed E-state index contributed by atoms with van der Waals surface area (Å²) in [5.74, 6) is 0.135. The van der Waals surface area contributed by atoms with Crippen molar-refractivity contribution in [2.24, 2.45) is 0 Å². The Morgan fingerprint density at radius 1 is 1.23 bits per heavy atom. The maximum Gasteiger partial charge on any atom is 0.359 e. The number of carbonyl (C=O) groups excluding carboxylic acids is 1. The van der Waals surface area contributed by atoms with Crippen molar-refractivity contribution in [1.29, 1.82) is 0 Å². The lowest BCUT2D eigenvalue weighted by Crippen LogP contribution is -2.39. The molecule has 0 radical (unpaired) electrons. The van der Waals surface area contributed by atoms with Crippen molar-refractivity contribution < 1.29 is 4.79 Å². The fraction of sp³-hybridized carbons (Fsp3) is 0.857. The van der Waals surface area contributed by atoms with Crippen LogP contribution in [0.25, 0.3) is 0 Å². The minimum absolute atomic E-state index is 0.135. The Morgan fingerprint density at radius 3 is 2.54 bits per heavy atom. The molecule has 0 N–H and O–H groups in total. The lowest BCUT2D eigenvalue weighted by atomic mass is 10.2. The molecule has 1 aliphatic heterocycles. The van der Waals surface area contributed by atoms with Crippen molar-refractivity contribution in [3.05, 3.63) is 0 Å². The summed E-state index contributed by atoms with van der Waals surface area (Å²) in [6, 6.07) is -2.69. The number of likely N-dealkylation sites (tertiary alicyclic amines) is 1. The molecule has 0 aliphatic carbocycles. The molecule has 1 fully saturated rings. The van der Waals surface area contributed by atoms with Gasteiger partial charge in [0.2, 0.25) is 5.91 Å². The van der Waals surface area contributed by atoms with E-state index in [2.05, 4.69) is 0 Å². The third kappa shape index (κ3) is 4.54. The Bertz CT molecular complexity index is 195. The van der Waals surface area contributed by atoms with E-state index >= 15 is 0 Å². The van der Waals surface area contributed by atoms with E-state index in [1.807, 2.05) is 0 Å². The number of halogens is 3. The number of hydrogen-bond donors (Lipinski definition) is 0. The van der Waals surface area contributed by atoms with Crippen molar-refractivity contribution in [3.8, 4) is 0 Å². The van der Waals surface area contributed by atoms with E-state index in [1.54, 1.807) is 4.90 Å². The zero-order chi connectivity index (χ0) is 9.90. The fourth-order valence-corrected chi connectivity index (χ4v) is 3.49. The summed E-state index contributed by atoms with van der Waals surface area (Å²) >= 11 is 17.3. The Morgan fingerprint density at radius 2 is 1.92 bits per heavy atom. The van der Waals surface area contributed by atoms with E-state index in [4.69, 9.17) is 33.2 Å². The maximum atomic E-state index is 11.5. The third-order valence-electron chi connectivity index (χ3n) is 2.04. The van der Waals surface area contributed by atoms with E-state index < -0.39 is 6.00 Å². The summed E-state index contributed by atoms with van der Waals surface area (Å²) in [7, 11) is 0. The first kappa shape index (κ1) is 11.6. The zero-order valence-corrected chi connectivity index (χ0v) is 10.5. The first-order chi connectivity index (χ1) is 5.99. The van der Waals surface area contributed by atoms with Crippen LogP contribution in [0.2, 0.25) is 0 Å². The highest BCUT2D eigenvalue weighted by Crippen LogP contribution is 2.23. The summed E-state index contributed by atoms with van der Waals surface area (Å²) in [5, 5.41) is 0. The molecule has 6 heteroatoms. The van der Waals surface area contributed by atoms with Gasteiger partial charge in [-0.3, -0.25) is 4.79 Å². The van der Waals surface area contributed by atoms with Gasteiger partial charge in [0, 0.05) is 13.0 Å². The van der Waals surface area contributed by atoms with Crippen LogP contribution in [0.5, 0.6) is 0 Å². The summed E-state index contributed by atoms with van der Waals surface area (Å²) in [4.78, 5) is 13.2. The highest BCUT2D eigenvalue weighted by molar-refractivity contribution is 7.64. The molecule has 1 aliphatic rings. The van der Waals surface area contributed by atoms with E-state index in [0.29, 0.717) is 12.6 Å². The second-order valence-corrected chi connectivity index (χ2v) is 12.3. The molecule has 76 valence electrons. The Labute approximate surface area is 93.3 Å². The molecule has 1 saturated heterocycles. The average Bonchev–Trinajstić information content (AvgIpc) is 2.14. The molecule has 0 atom stereocenters. The van der Waals surface area contributed by atoms with Gasteiger partial charge < -0.3 is 4.90 Å². The number of nitrogens with zero attached hydrogens (tertiary/aromatic N) is 1. The van der Waals surface area contributed by atoms with Gasteiger partial charge >= 0.3 is 6.00 Å². The minimum atomic E-state index is -2.69. The topological polar surface area (TPSA) is 20.3 Å². The lowest BCUT2D eigenvalue weighted by Gasteiger charge is -2.23. The van der Waals surface area contributed by atoms with Gasteiger partial charge in [-0.1, -0.05) is 6.42 Å². The molecule has 0 aromatic heterocycles. The van der Waals surface area contributed by atoms with Crippen molar-refractivity contribution in [2.75, 3.05) is 12.7 Å². The van der Waals surface area contributed by atoms with Crippen LogP contribution in [0, 0.1) is 0 Å². The molecule has 0 aromatic rings. The largest absolute Gasteiger partial charge is 0.359 e. The van der Waals surface area contributed by atoms with Gasteiger partial charge in [-0.05, 0) is 12.8 Å². The first-order valence-corrected chi connectivity index (χ1v) is 9.58. The van der Waals surface area contributed by atoms with Crippen LogP contribution in [0.4, 0.5) is 0 Å². The molecule has 0 spiro atoms. The van der Waals surface area contributed by atoms with Gasteiger partial charge in [0.05, 0.1) is 6.17 Å². The van der Waals surface area contributed by atoms with Crippen LogP contribution in [0.3, 0.4) is 0 Å².